The summed E-state index contributed by atoms with van der Waals surface area (Å²) in [5.74, 6) is -0.157. The zero-order valence-corrected chi connectivity index (χ0v) is 12.6. The Hall–Kier alpha value is -2.07. The molecule has 0 aliphatic rings. The molecule has 1 unspecified atom stereocenters. The third kappa shape index (κ3) is 3.73. The van der Waals surface area contributed by atoms with Crippen LogP contribution in [0.3, 0.4) is 0 Å². The minimum atomic E-state index is -0.376. The molecule has 2 aromatic carbocycles. The van der Waals surface area contributed by atoms with Gasteiger partial charge in [0.1, 0.15) is 0 Å². The second-order valence-electron chi connectivity index (χ2n) is 5.20. The van der Waals surface area contributed by atoms with Crippen molar-refractivity contribution in [3.63, 3.8) is 0 Å². The highest BCUT2D eigenvalue weighted by Gasteiger charge is 2.12. The summed E-state index contributed by atoms with van der Waals surface area (Å²) in [6.45, 7) is 4.57. The van der Waals surface area contributed by atoms with Gasteiger partial charge in [-0.2, -0.15) is 0 Å². The van der Waals surface area contributed by atoms with Crippen LogP contribution < -0.4 is 15.8 Å². The molecule has 0 bridgehead atoms. The van der Waals surface area contributed by atoms with Gasteiger partial charge >= 0.3 is 0 Å². The third-order valence-corrected chi connectivity index (χ3v) is 3.37. The minimum Gasteiger partial charge on any atom is -0.494 e. The molecule has 2 aromatic rings. The molecular weight excluding hydrogens is 267 g/mol. The van der Waals surface area contributed by atoms with Gasteiger partial charge in [-0.15, -0.1) is 0 Å². The molecule has 0 heterocycles. The maximum atomic E-state index is 13.4. The lowest BCUT2D eigenvalue weighted by Crippen LogP contribution is -2.20. The number of ether oxygens (including phenoxy) is 1. The number of halogens is 1. The van der Waals surface area contributed by atoms with Crippen LogP contribution in [0, 0.1) is 19.7 Å². The number of nitrogens with one attached hydrogen (secondary N) is 1. The quantitative estimate of drug-likeness (QED) is 0.884. The fourth-order valence-electron chi connectivity index (χ4n) is 2.44. The lowest BCUT2D eigenvalue weighted by molar-refractivity contribution is 0.386. The molecule has 3 N–H and O–H groups in total. The van der Waals surface area contributed by atoms with Gasteiger partial charge in [0.2, 0.25) is 0 Å². The van der Waals surface area contributed by atoms with Gasteiger partial charge in [0.25, 0.3) is 0 Å². The number of anilines is 1. The van der Waals surface area contributed by atoms with Crippen LogP contribution in [0.15, 0.2) is 36.4 Å². The van der Waals surface area contributed by atoms with Crippen LogP contribution in [0.4, 0.5) is 10.1 Å². The molecule has 4 heteroatoms. The molecule has 0 spiro atoms. The Morgan fingerprint density at radius 3 is 2.38 bits per heavy atom. The molecule has 1 atom stereocenters. The van der Waals surface area contributed by atoms with Crippen molar-refractivity contribution in [1.29, 1.82) is 0 Å². The van der Waals surface area contributed by atoms with E-state index in [1.54, 1.807) is 12.1 Å². The highest BCUT2D eigenvalue weighted by molar-refractivity contribution is 5.51. The van der Waals surface area contributed by atoms with E-state index in [0.29, 0.717) is 6.54 Å². The summed E-state index contributed by atoms with van der Waals surface area (Å²) in [4.78, 5) is 0. The van der Waals surface area contributed by atoms with Gasteiger partial charge in [0.15, 0.2) is 11.6 Å². The van der Waals surface area contributed by atoms with Crippen LogP contribution in [0.5, 0.6) is 5.75 Å². The summed E-state index contributed by atoms with van der Waals surface area (Å²) < 4.78 is 18.4. The van der Waals surface area contributed by atoms with E-state index >= 15 is 0 Å². The second kappa shape index (κ2) is 6.59. The fraction of sp³-hybridized carbons (Fsp3) is 0.294. The van der Waals surface area contributed by atoms with E-state index in [0.717, 1.165) is 11.3 Å². The largest absolute Gasteiger partial charge is 0.494 e. The number of hydrogen-bond acceptors (Lipinski definition) is 3. The number of benzene rings is 2. The summed E-state index contributed by atoms with van der Waals surface area (Å²) >= 11 is 0. The molecule has 21 heavy (non-hydrogen) atoms. The SMILES string of the molecule is COc1cc(NC(CN)c2cc(C)cc(C)c2)ccc1F. The molecule has 0 aromatic heterocycles. The zero-order valence-electron chi connectivity index (χ0n) is 12.6. The molecule has 2 rings (SSSR count). The van der Waals surface area contributed by atoms with Crippen LogP contribution in [-0.4, -0.2) is 13.7 Å². The molecule has 112 valence electrons. The number of hydrogen-bond donors (Lipinski definition) is 2. The van der Waals surface area contributed by atoms with Crippen molar-refractivity contribution in [3.8, 4) is 5.75 Å². The monoisotopic (exact) mass is 288 g/mol. The van der Waals surface area contributed by atoms with Crippen LogP contribution in [-0.2, 0) is 0 Å². The van der Waals surface area contributed by atoms with Crippen molar-refractivity contribution < 1.29 is 9.13 Å². The van der Waals surface area contributed by atoms with Gasteiger partial charge < -0.3 is 15.8 Å². The molecule has 0 aliphatic heterocycles. The predicted molar refractivity (Wildman–Crippen MR) is 84.3 cm³/mol. The van der Waals surface area contributed by atoms with E-state index < -0.39 is 0 Å². The van der Waals surface area contributed by atoms with Gasteiger partial charge in [-0.3, -0.25) is 0 Å². The molecule has 0 radical (unpaired) electrons. The first kappa shape index (κ1) is 15.3. The topological polar surface area (TPSA) is 47.3 Å². The standard InChI is InChI=1S/C17H21FN2O/c1-11-6-12(2)8-13(7-11)16(10-19)20-14-4-5-15(18)17(9-14)21-3/h4-9,16,20H,10,19H2,1-3H3. The zero-order chi connectivity index (χ0) is 15.4. The van der Waals surface area contributed by atoms with Gasteiger partial charge in [-0.05, 0) is 31.5 Å². The van der Waals surface area contributed by atoms with Crippen molar-refractivity contribution >= 4 is 5.69 Å². The van der Waals surface area contributed by atoms with Crippen LogP contribution in [0.2, 0.25) is 0 Å². The maximum absolute atomic E-state index is 13.4. The van der Waals surface area contributed by atoms with Crippen molar-refractivity contribution in [2.75, 3.05) is 19.0 Å². The fourth-order valence-corrected chi connectivity index (χ4v) is 2.44. The van der Waals surface area contributed by atoms with Gasteiger partial charge in [0.05, 0.1) is 13.2 Å². The summed E-state index contributed by atoms with van der Waals surface area (Å²) in [6.07, 6.45) is 0. The Labute approximate surface area is 124 Å². The number of rotatable bonds is 5. The predicted octanol–water partition coefficient (Wildman–Crippen LogP) is 3.56. The molecule has 0 saturated heterocycles. The molecular formula is C17H21FN2O. The Morgan fingerprint density at radius 2 is 1.81 bits per heavy atom. The lowest BCUT2D eigenvalue weighted by Gasteiger charge is -2.20. The average Bonchev–Trinajstić information content (AvgIpc) is 2.45. The van der Waals surface area contributed by atoms with Crippen molar-refractivity contribution in [3.05, 3.63) is 58.9 Å². The third-order valence-electron chi connectivity index (χ3n) is 3.37. The minimum absolute atomic E-state index is 0.0289. The Kier molecular flexibility index (Phi) is 4.81. The molecule has 0 aliphatic carbocycles. The van der Waals surface area contributed by atoms with Crippen LogP contribution in [0.25, 0.3) is 0 Å². The highest BCUT2D eigenvalue weighted by Crippen LogP contribution is 2.25. The molecule has 0 saturated carbocycles. The number of nitrogens with two attached hydrogens (primary N) is 1. The molecule has 0 fully saturated rings. The van der Waals surface area contributed by atoms with E-state index in [-0.39, 0.29) is 17.6 Å². The highest BCUT2D eigenvalue weighted by atomic mass is 19.1. The van der Waals surface area contributed by atoms with Crippen molar-refractivity contribution in [1.82, 2.24) is 0 Å². The lowest BCUT2D eigenvalue weighted by atomic mass is 10.0. The van der Waals surface area contributed by atoms with E-state index in [2.05, 4.69) is 37.4 Å². The van der Waals surface area contributed by atoms with Gasteiger partial charge in [-0.1, -0.05) is 29.3 Å². The Bertz CT molecular complexity index is 608. The first-order valence-corrected chi connectivity index (χ1v) is 6.92. The number of methoxy groups -OCH3 is 1. The first-order chi connectivity index (χ1) is 10.0. The Morgan fingerprint density at radius 1 is 1.14 bits per heavy atom. The maximum Gasteiger partial charge on any atom is 0.165 e. The van der Waals surface area contributed by atoms with Crippen molar-refractivity contribution in [2.24, 2.45) is 5.73 Å². The van der Waals surface area contributed by atoms with E-state index in [1.807, 2.05) is 0 Å². The number of aryl methyl sites for hydroxylation is 2. The smallest absolute Gasteiger partial charge is 0.165 e. The van der Waals surface area contributed by atoms with E-state index in [1.165, 1.54) is 24.3 Å². The molecule has 0 amide bonds. The average molecular weight is 288 g/mol. The van der Waals surface area contributed by atoms with Crippen LogP contribution >= 0.6 is 0 Å². The summed E-state index contributed by atoms with van der Waals surface area (Å²) in [5.41, 5.74) is 10.2. The summed E-state index contributed by atoms with van der Waals surface area (Å²) in [6, 6.07) is 11.0. The summed E-state index contributed by atoms with van der Waals surface area (Å²) in [7, 11) is 1.45. The van der Waals surface area contributed by atoms with Gasteiger partial charge in [0, 0.05) is 18.3 Å². The first-order valence-electron chi connectivity index (χ1n) is 6.92. The van der Waals surface area contributed by atoms with Crippen LogP contribution in [0.1, 0.15) is 22.7 Å². The molecule has 3 nitrogen and oxygen atoms in total. The Balaban J connectivity index is 2.26. The van der Waals surface area contributed by atoms with E-state index in [9.17, 15) is 4.39 Å². The normalized spacial score (nSPS) is 12.0. The van der Waals surface area contributed by atoms with Crippen molar-refractivity contribution in [2.45, 2.75) is 19.9 Å². The second-order valence-corrected chi connectivity index (χ2v) is 5.20. The van der Waals surface area contributed by atoms with E-state index in [4.69, 9.17) is 10.5 Å². The summed E-state index contributed by atoms with van der Waals surface area (Å²) in [5, 5.41) is 3.33. The van der Waals surface area contributed by atoms with Gasteiger partial charge in [-0.25, -0.2) is 4.39 Å².